The topological polar surface area (TPSA) is 17.1 Å². The van der Waals surface area contributed by atoms with E-state index in [0.29, 0.717) is 5.57 Å². The van der Waals surface area contributed by atoms with Gasteiger partial charge in [0.1, 0.15) is 0 Å². The van der Waals surface area contributed by atoms with Gasteiger partial charge in [0.05, 0.1) is 0 Å². The summed E-state index contributed by atoms with van der Waals surface area (Å²) < 4.78 is 24.3. The van der Waals surface area contributed by atoms with E-state index in [2.05, 4.69) is 0 Å². The average molecular weight is 172 g/mol. The van der Waals surface area contributed by atoms with Crippen LogP contribution in [0.2, 0.25) is 0 Å². The molecule has 0 radical (unpaired) electrons. The molecule has 0 spiro atoms. The Labute approximate surface area is 69.8 Å². The van der Waals surface area contributed by atoms with Gasteiger partial charge in [-0.3, -0.25) is 4.79 Å². The second-order valence-corrected chi connectivity index (χ2v) is 3.00. The molecule has 1 aliphatic carbocycles. The number of halogens is 2. The first-order chi connectivity index (χ1) is 5.52. The lowest BCUT2D eigenvalue weighted by Crippen LogP contribution is -1.93. The second kappa shape index (κ2) is 3.17. The van der Waals surface area contributed by atoms with E-state index in [-0.39, 0.29) is 23.7 Å². The van der Waals surface area contributed by atoms with Crippen LogP contribution in [0.1, 0.15) is 20.3 Å². The van der Waals surface area contributed by atoms with Crippen molar-refractivity contribution in [3.05, 3.63) is 23.3 Å². The van der Waals surface area contributed by atoms with Crippen LogP contribution in [0.3, 0.4) is 0 Å². The molecule has 0 amide bonds. The highest BCUT2D eigenvalue weighted by Gasteiger charge is 2.23. The van der Waals surface area contributed by atoms with Gasteiger partial charge in [-0.1, -0.05) is 13.0 Å². The highest BCUT2D eigenvalue weighted by molar-refractivity contribution is 5.94. The van der Waals surface area contributed by atoms with Gasteiger partial charge in [-0.05, 0) is 12.5 Å². The molecule has 0 aliphatic heterocycles. The van der Waals surface area contributed by atoms with E-state index in [1.807, 2.05) is 0 Å². The molecule has 0 fully saturated rings. The molecular formula is C9H10F2O. The van der Waals surface area contributed by atoms with Crippen LogP contribution in [0.25, 0.3) is 0 Å². The molecule has 1 unspecified atom stereocenters. The molecule has 1 atom stereocenters. The third-order valence-electron chi connectivity index (χ3n) is 2.08. The van der Waals surface area contributed by atoms with Crippen LogP contribution in [0.15, 0.2) is 23.3 Å². The fourth-order valence-corrected chi connectivity index (χ4v) is 1.31. The van der Waals surface area contributed by atoms with Gasteiger partial charge in [0.25, 0.3) is 6.08 Å². The van der Waals surface area contributed by atoms with Crippen LogP contribution in [-0.4, -0.2) is 5.78 Å². The standard InChI is InChI=1S/C9H10F2O/c1-5-3-7(6(2)12)4-8(5)9(10)11/h3,5H,4H2,1-2H3. The maximum atomic E-state index is 12.2. The zero-order chi connectivity index (χ0) is 9.30. The first-order valence-corrected chi connectivity index (χ1v) is 3.78. The summed E-state index contributed by atoms with van der Waals surface area (Å²) in [4.78, 5) is 10.8. The Balaban J connectivity index is 2.88. The first kappa shape index (κ1) is 9.10. The van der Waals surface area contributed by atoms with Crippen molar-refractivity contribution >= 4 is 5.78 Å². The van der Waals surface area contributed by atoms with E-state index in [1.165, 1.54) is 6.92 Å². The van der Waals surface area contributed by atoms with E-state index in [4.69, 9.17) is 0 Å². The molecule has 0 saturated carbocycles. The van der Waals surface area contributed by atoms with Crippen LogP contribution in [-0.2, 0) is 4.79 Å². The molecular weight excluding hydrogens is 162 g/mol. The average Bonchev–Trinajstić information content (AvgIpc) is 2.30. The Morgan fingerprint density at radius 3 is 2.42 bits per heavy atom. The lowest BCUT2D eigenvalue weighted by atomic mass is 10.1. The molecule has 1 nitrogen and oxygen atoms in total. The molecule has 0 heterocycles. The summed E-state index contributed by atoms with van der Waals surface area (Å²) in [5.41, 5.74) is 0.588. The van der Waals surface area contributed by atoms with Crippen LogP contribution >= 0.6 is 0 Å². The summed E-state index contributed by atoms with van der Waals surface area (Å²) in [6.45, 7) is 3.07. The van der Waals surface area contributed by atoms with Crippen molar-refractivity contribution in [2.75, 3.05) is 0 Å². The molecule has 12 heavy (non-hydrogen) atoms. The van der Waals surface area contributed by atoms with Crippen molar-refractivity contribution in [3.63, 3.8) is 0 Å². The van der Waals surface area contributed by atoms with Crippen molar-refractivity contribution in [1.29, 1.82) is 0 Å². The van der Waals surface area contributed by atoms with E-state index in [1.54, 1.807) is 13.0 Å². The molecule has 0 saturated heterocycles. The van der Waals surface area contributed by atoms with Crippen LogP contribution < -0.4 is 0 Å². The number of rotatable bonds is 1. The lowest BCUT2D eigenvalue weighted by molar-refractivity contribution is -0.113. The molecule has 66 valence electrons. The summed E-state index contributed by atoms with van der Waals surface area (Å²) in [7, 11) is 0. The number of carbonyl (C=O) groups excluding carboxylic acids is 1. The van der Waals surface area contributed by atoms with Crippen LogP contribution in [0, 0.1) is 5.92 Å². The van der Waals surface area contributed by atoms with Crippen molar-refractivity contribution in [3.8, 4) is 0 Å². The minimum atomic E-state index is -1.64. The molecule has 0 N–H and O–H groups in total. The highest BCUT2D eigenvalue weighted by atomic mass is 19.3. The zero-order valence-corrected chi connectivity index (χ0v) is 7.03. The zero-order valence-electron chi connectivity index (χ0n) is 7.03. The molecule has 3 heteroatoms. The van der Waals surface area contributed by atoms with Crippen LogP contribution in [0.4, 0.5) is 8.78 Å². The van der Waals surface area contributed by atoms with Gasteiger partial charge < -0.3 is 0 Å². The fraction of sp³-hybridized carbons (Fsp3) is 0.444. The minimum absolute atomic E-state index is 0.0835. The quantitative estimate of drug-likeness (QED) is 0.594. The molecule has 0 aromatic carbocycles. The number of carbonyl (C=O) groups is 1. The van der Waals surface area contributed by atoms with E-state index in [9.17, 15) is 13.6 Å². The Kier molecular flexibility index (Phi) is 2.40. The highest BCUT2D eigenvalue weighted by Crippen LogP contribution is 2.33. The van der Waals surface area contributed by atoms with Gasteiger partial charge in [-0.25, -0.2) is 0 Å². The molecule has 0 bridgehead atoms. The fourth-order valence-electron chi connectivity index (χ4n) is 1.31. The second-order valence-electron chi connectivity index (χ2n) is 3.00. The smallest absolute Gasteiger partial charge is 0.270 e. The predicted molar refractivity (Wildman–Crippen MR) is 41.8 cm³/mol. The maximum Gasteiger partial charge on any atom is 0.270 e. The van der Waals surface area contributed by atoms with Gasteiger partial charge in [-0.15, -0.1) is 0 Å². The van der Waals surface area contributed by atoms with Gasteiger partial charge in [0.2, 0.25) is 0 Å². The summed E-state index contributed by atoms with van der Waals surface area (Å²) in [5, 5.41) is 0. The Morgan fingerprint density at radius 1 is 1.58 bits per heavy atom. The summed E-state index contributed by atoms with van der Waals surface area (Å²) in [6, 6.07) is 0. The predicted octanol–water partition coefficient (Wildman–Crippen LogP) is 2.69. The van der Waals surface area contributed by atoms with Crippen molar-refractivity contribution in [2.24, 2.45) is 5.92 Å². The monoisotopic (exact) mass is 172 g/mol. The number of ketones is 1. The number of hydrogen-bond donors (Lipinski definition) is 0. The van der Waals surface area contributed by atoms with E-state index in [0.717, 1.165) is 0 Å². The largest absolute Gasteiger partial charge is 0.295 e. The Hall–Kier alpha value is -0.990. The summed E-state index contributed by atoms with van der Waals surface area (Å²) in [6.07, 6.45) is 0.0883. The van der Waals surface area contributed by atoms with Crippen molar-refractivity contribution in [1.82, 2.24) is 0 Å². The molecule has 0 aromatic heterocycles. The lowest BCUT2D eigenvalue weighted by Gasteiger charge is -2.00. The molecule has 1 aliphatic rings. The van der Waals surface area contributed by atoms with Gasteiger partial charge in [0.15, 0.2) is 5.78 Å². The third-order valence-corrected chi connectivity index (χ3v) is 2.08. The Morgan fingerprint density at radius 2 is 2.17 bits per heavy atom. The van der Waals surface area contributed by atoms with E-state index < -0.39 is 6.08 Å². The normalized spacial score (nSPS) is 22.5. The Bertz CT molecular complexity index is 272. The summed E-state index contributed by atoms with van der Waals surface area (Å²) >= 11 is 0. The minimum Gasteiger partial charge on any atom is -0.295 e. The summed E-state index contributed by atoms with van der Waals surface area (Å²) in [5.74, 6) is -0.396. The molecule has 0 aromatic rings. The molecule has 1 rings (SSSR count). The van der Waals surface area contributed by atoms with Crippen molar-refractivity contribution < 1.29 is 13.6 Å². The number of hydrogen-bond acceptors (Lipinski definition) is 1. The maximum absolute atomic E-state index is 12.2. The van der Waals surface area contributed by atoms with Crippen molar-refractivity contribution in [2.45, 2.75) is 20.3 Å². The number of Topliss-reactive ketones (excluding diaryl/α,β-unsaturated/α-hetero) is 1. The van der Waals surface area contributed by atoms with Gasteiger partial charge in [-0.2, -0.15) is 8.78 Å². The SMILES string of the molecule is CC(=O)C1=CC(C)C(=C(F)F)C1. The van der Waals surface area contributed by atoms with Gasteiger partial charge >= 0.3 is 0 Å². The van der Waals surface area contributed by atoms with E-state index >= 15 is 0 Å². The first-order valence-electron chi connectivity index (χ1n) is 3.78. The van der Waals surface area contributed by atoms with Gasteiger partial charge in [0, 0.05) is 17.9 Å². The third kappa shape index (κ3) is 1.60. The van der Waals surface area contributed by atoms with Crippen LogP contribution in [0.5, 0.6) is 0 Å². The number of allylic oxidation sites excluding steroid dienone is 3.